The summed E-state index contributed by atoms with van der Waals surface area (Å²) in [5.74, 6) is 1.31. The molecule has 0 fully saturated rings. The van der Waals surface area contributed by atoms with Gasteiger partial charge in [0.1, 0.15) is 6.29 Å². The summed E-state index contributed by atoms with van der Waals surface area (Å²) >= 11 is 0. The Morgan fingerprint density at radius 2 is 1.72 bits per heavy atom. The zero-order chi connectivity index (χ0) is 23.2. The van der Waals surface area contributed by atoms with Gasteiger partial charge in [-0.25, -0.2) is 0 Å². The maximum absolute atomic E-state index is 11.6. The summed E-state index contributed by atoms with van der Waals surface area (Å²) < 4.78 is 0. The molecule has 4 aliphatic rings. The van der Waals surface area contributed by atoms with E-state index in [1.54, 1.807) is 0 Å². The number of aryl methyl sites for hydroxylation is 1. The van der Waals surface area contributed by atoms with Crippen molar-refractivity contribution in [3.63, 3.8) is 0 Å². The molecule has 0 saturated heterocycles. The Morgan fingerprint density at radius 3 is 2.38 bits per heavy atom. The first-order chi connectivity index (χ1) is 15.2. The highest BCUT2D eigenvalue weighted by atomic mass is 16.1. The van der Waals surface area contributed by atoms with Crippen molar-refractivity contribution >= 4 is 6.29 Å². The highest BCUT2D eigenvalue weighted by Gasteiger charge is 2.28. The Kier molecular flexibility index (Phi) is 6.12. The lowest BCUT2D eigenvalue weighted by molar-refractivity contribution is -0.105. The molecule has 1 nitrogen and oxygen atoms in total. The van der Waals surface area contributed by atoms with Crippen molar-refractivity contribution in [1.82, 2.24) is 0 Å². The second kappa shape index (κ2) is 8.70. The van der Waals surface area contributed by atoms with Crippen LogP contribution in [0.2, 0.25) is 0 Å². The van der Waals surface area contributed by atoms with Gasteiger partial charge in [-0.2, -0.15) is 0 Å². The molecule has 0 aromatic rings. The van der Waals surface area contributed by atoms with E-state index in [0.717, 1.165) is 30.3 Å². The van der Waals surface area contributed by atoms with Crippen LogP contribution in [-0.2, 0) is 11.2 Å². The molecule has 0 aromatic carbocycles. The van der Waals surface area contributed by atoms with Gasteiger partial charge in [-0.3, -0.25) is 4.79 Å². The van der Waals surface area contributed by atoms with Crippen LogP contribution in [0.4, 0.5) is 0 Å². The van der Waals surface area contributed by atoms with E-state index < -0.39 is 0 Å². The molecule has 0 radical (unpaired) electrons. The van der Waals surface area contributed by atoms with Crippen molar-refractivity contribution in [2.24, 2.45) is 11.8 Å². The highest BCUT2D eigenvalue weighted by molar-refractivity contribution is 5.82. The summed E-state index contributed by atoms with van der Waals surface area (Å²) in [4.78, 5) is 11.6. The minimum absolute atomic E-state index is 0.358. The summed E-state index contributed by atoms with van der Waals surface area (Å²) in [7, 11) is 0. The summed E-state index contributed by atoms with van der Waals surface area (Å²) in [5, 5.41) is 0. The average Bonchev–Trinajstić information content (AvgIpc) is 3.13. The fraction of sp³-hybridized carbons (Fsp3) is 0.387. The summed E-state index contributed by atoms with van der Waals surface area (Å²) in [6.07, 6.45) is 7.68. The largest absolute Gasteiger partial charge is 0.298 e. The van der Waals surface area contributed by atoms with Crippen LogP contribution in [0.3, 0.4) is 0 Å². The third-order valence-corrected chi connectivity index (χ3v) is 7.51. The van der Waals surface area contributed by atoms with Crippen LogP contribution in [0, 0.1) is 18.8 Å². The molecule has 0 saturated carbocycles. The lowest BCUT2D eigenvalue weighted by Gasteiger charge is -2.22. The molecule has 0 aromatic heterocycles. The van der Waals surface area contributed by atoms with E-state index in [1.807, 2.05) is 0 Å². The standard InChI is InChI=1S/C31H36O/c1-18(2)23-9-10-24(27-11-8-20(5)29(27)14-23)13-25-12-21(6)30-15-26(17-32)22(7)31(30)16-28(25)19(3)4/h8-12,14,16-19,25H,13,15H2,1-7H3. The first kappa shape index (κ1) is 22.5. The first-order valence-electron chi connectivity index (χ1n) is 12.0. The second-order valence-corrected chi connectivity index (χ2v) is 10.3. The number of hydrogen-bond donors (Lipinski definition) is 0. The van der Waals surface area contributed by atoms with Gasteiger partial charge >= 0.3 is 0 Å². The molecular weight excluding hydrogens is 388 g/mol. The maximum atomic E-state index is 11.6. The van der Waals surface area contributed by atoms with E-state index in [-0.39, 0.29) is 0 Å². The molecule has 4 aliphatic carbocycles. The monoisotopic (exact) mass is 424 g/mol. The lowest BCUT2D eigenvalue weighted by Crippen LogP contribution is -2.11. The van der Waals surface area contributed by atoms with Crippen molar-refractivity contribution in [3.8, 4) is 11.1 Å². The van der Waals surface area contributed by atoms with Crippen molar-refractivity contribution in [2.45, 2.75) is 67.2 Å². The van der Waals surface area contributed by atoms with Crippen LogP contribution in [0.5, 0.6) is 0 Å². The van der Waals surface area contributed by atoms with E-state index in [4.69, 9.17) is 0 Å². The number of hydrogen-bond acceptors (Lipinski definition) is 1. The van der Waals surface area contributed by atoms with Crippen LogP contribution in [0.25, 0.3) is 11.1 Å². The summed E-state index contributed by atoms with van der Waals surface area (Å²) in [5.41, 5.74) is 14.4. The molecule has 0 spiro atoms. The van der Waals surface area contributed by atoms with Crippen LogP contribution < -0.4 is 0 Å². The Labute approximate surface area is 194 Å². The zero-order valence-electron chi connectivity index (χ0n) is 20.7. The van der Waals surface area contributed by atoms with Crippen LogP contribution in [-0.4, -0.2) is 6.29 Å². The van der Waals surface area contributed by atoms with E-state index in [1.165, 1.54) is 50.1 Å². The minimum atomic E-state index is 0.358. The van der Waals surface area contributed by atoms with Gasteiger partial charge in [0, 0.05) is 12.3 Å². The van der Waals surface area contributed by atoms with E-state index in [0.29, 0.717) is 17.8 Å². The van der Waals surface area contributed by atoms with Gasteiger partial charge in [0.25, 0.3) is 0 Å². The number of fused-ring (bicyclic) bond motifs is 1. The van der Waals surface area contributed by atoms with Crippen molar-refractivity contribution in [2.75, 3.05) is 0 Å². The molecule has 32 heavy (non-hydrogen) atoms. The van der Waals surface area contributed by atoms with Gasteiger partial charge in [0.15, 0.2) is 0 Å². The van der Waals surface area contributed by atoms with Crippen LogP contribution in [0.15, 0.2) is 75.9 Å². The first-order valence-corrected chi connectivity index (χ1v) is 12.0. The van der Waals surface area contributed by atoms with Gasteiger partial charge in [-0.1, -0.05) is 81.3 Å². The Hall–Kier alpha value is -2.67. The van der Waals surface area contributed by atoms with Gasteiger partial charge in [-0.15, -0.1) is 0 Å². The third-order valence-electron chi connectivity index (χ3n) is 7.51. The van der Waals surface area contributed by atoms with E-state index in [2.05, 4.69) is 91.0 Å². The number of carbonyl (C=O) groups excluding carboxylic acids is 1. The molecule has 1 unspecified atom stereocenters. The molecule has 0 bridgehead atoms. The van der Waals surface area contributed by atoms with Crippen LogP contribution >= 0.6 is 0 Å². The molecule has 4 rings (SSSR count). The number of rotatable bonds is 5. The Morgan fingerprint density at radius 1 is 0.969 bits per heavy atom. The van der Waals surface area contributed by atoms with Crippen molar-refractivity contribution < 1.29 is 4.79 Å². The number of carbonyl (C=O) groups is 1. The lowest BCUT2D eigenvalue weighted by atomic mass is 9.83. The molecule has 0 amide bonds. The highest BCUT2D eigenvalue weighted by Crippen LogP contribution is 2.43. The van der Waals surface area contributed by atoms with E-state index >= 15 is 0 Å². The molecule has 0 heterocycles. The SMILES string of the molecule is CC1=CC(Cc2ccc(C(C)C)cc3c(C)ccc2-3)C(C(C)C)=CC2=C1CC(C=O)=C2C. The molecule has 0 aliphatic heterocycles. The van der Waals surface area contributed by atoms with Gasteiger partial charge in [0.05, 0.1) is 0 Å². The summed E-state index contributed by atoms with van der Waals surface area (Å²) in [6, 6.07) is 11.6. The van der Waals surface area contributed by atoms with Gasteiger partial charge in [-0.05, 0) is 89.1 Å². The normalized spacial score (nSPS) is 19.0. The Bertz CT molecular complexity index is 1160. The van der Waals surface area contributed by atoms with Crippen LogP contribution in [0.1, 0.15) is 70.6 Å². The van der Waals surface area contributed by atoms with Gasteiger partial charge in [0.2, 0.25) is 0 Å². The predicted octanol–water partition coefficient (Wildman–Crippen LogP) is 8.14. The third kappa shape index (κ3) is 3.94. The molecule has 0 N–H and O–H groups in total. The zero-order valence-corrected chi connectivity index (χ0v) is 20.7. The fourth-order valence-corrected chi connectivity index (χ4v) is 5.39. The minimum Gasteiger partial charge on any atom is -0.298 e. The number of allylic oxidation sites excluding steroid dienone is 8. The van der Waals surface area contributed by atoms with Crippen molar-refractivity contribution in [1.29, 1.82) is 0 Å². The molecule has 1 atom stereocenters. The topological polar surface area (TPSA) is 17.1 Å². The maximum Gasteiger partial charge on any atom is 0.146 e. The predicted molar refractivity (Wildman–Crippen MR) is 136 cm³/mol. The molecule has 166 valence electrons. The average molecular weight is 425 g/mol. The number of aldehydes is 1. The molecule has 1 heteroatoms. The van der Waals surface area contributed by atoms with E-state index in [9.17, 15) is 4.79 Å². The second-order valence-electron chi connectivity index (χ2n) is 10.3. The fourth-order valence-electron chi connectivity index (χ4n) is 5.39. The smallest absolute Gasteiger partial charge is 0.146 e. The summed E-state index contributed by atoms with van der Waals surface area (Å²) in [6.45, 7) is 15.7. The molecular formula is C31H36O. The van der Waals surface area contributed by atoms with Gasteiger partial charge < -0.3 is 0 Å². The van der Waals surface area contributed by atoms with Crippen molar-refractivity contribution in [3.05, 3.63) is 92.6 Å². The quantitative estimate of drug-likeness (QED) is 0.443. The Balaban J connectivity index is 1.80.